The number of hydrogen-bond donors (Lipinski definition) is 0. The molecule has 0 spiro atoms. The summed E-state index contributed by atoms with van der Waals surface area (Å²) in [6.07, 6.45) is 0. The molecule has 1 rings (SSSR count). The van der Waals surface area contributed by atoms with Crippen LogP contribution in [0.4, 0.5) is 0 Å². The van der Waals surface area contributed by atoms with E-state index in [1.54, 1.807) is 0 Å². The standard InChI is InChI=1S/C18H31P.ClH.Pd/c1-14(2)15-10-12-16(13-11-15)19(9,17(3,4)5)18(6,7)8;;/h10-14H,9H2,1-8H3;1H;/q;;+2/p-1. The Morgan fingerprint density at radius 2 is 1.24 bits per heavy atom. The summed E-state index contributed by atoms with van der Waals surface area (Å²) in [5.41, 5.74) is 1.41. The van der Waals surface area contributed by atoms with Crippen molar-refractivity contribution in [2.75, 3.05) is 0 Å². The van der Waals surface area contributed by atoms with Crippen molar-refractivity contribution in [1.82, 2.24) is 0 Å². The maximum absolute atomic E-state index is 4.77. The molecule has 0 radical (unpaired) electrons. The SMILES string of the molecule is [CH2-][P+](c1ccc(C(C)C)cc1)(C(C)(C)C)C(C)(C)C.[Cl][Pd+]. The van der Waals surface area contributed by atoms with Gasteiger partial charge in [-0.1, -0.05) is 33.2 Å². The number of hydrogen-bond acceptors (Lipinski definition) is 0. The van der Waals surface area contributed by atoms with Crippen molar-refractivity contribution in [3.63, 3.8) is 0 Å². The predicted octanol–water partition coefficient (Wildman–Crippen LogP) is 6.53. The van der Waals surface area contributed by atoms with E-state index in [1.807, 2.05) is 0 Å². The summed E-state index contributed by atoms with van der Waals surface area (Å²) in [6, 6.07) is 9.23. The molecule has 1 aromatic rings. The van der Waals surface area contributed by atoms with Gasteiger partial charge in [0.2, 0.25) is 0 Å². The molecular weight excluding hydrogens is 389 g/mol. The molecule has 1 aromatic carbocycles. The predicted molar refractivity (Wildman–Crippen MR) is 97.8 cm³/mol. The summed E-state index contributed by atoms with van der Waals surface area (Å²) in [7, 11) is 3.00. The van der Waals surface area contributed by atoms with Crippen molar-refractivity contribution in [3.8, 4) is 0 Å². The van der Waals surface area contributed by atoms with Crippen molar-refractivity contribution in [1.29, 1.82) is 0 Å². The van der Waals surface area contributed by atoms with E-state index in [0.717, 1.165) is 0 Å². The zero-order valence-electron chi connectivity index (χ0n) is 14.7. The molecule has 0 aliphatic heterocycles. The normalized spacial score (nSPS) is 13.0. The summed E-state index contributed by atoms with van der Waals surface area (Å²) in [5, 5.41) is 1.91. The second-order valence-corrected chi connectivity index (χ2v) is 12.7. The Hall–Kier alpha value is 0.602. The van der Waals surface area contributed by atoms with E-state index in [-0.39, 0.29) is 10.3 Å². The van der Waals surface area contributed by atoms with Crippen LogP contribution in [0.3, 0.4) is 0 Å². The molecule has 21 heavy (non-hydrogen) atoms. The molecule has 0 nitrogen and oxygen atoms in total. The Morgan fingerprint density at radius 1 is 0.905 bits per heavy atom. The van der Waals surface area contributed by atoms with Crippen LogP contribution in [0.15, 0.2) is 24.3 Å². The Kier molecular flexibility index (Phi) is 8.15. The van der Waals surface area contributed by atoms with E-state index in [9.17, 15) is 0 Å². The minimum atomic E-state index is -1.49. The first kappa shape index (κ1) is 21.6. The van der Waals surface area contributed by atoms with Crippen molar-refractivity contribution in [2.45, 2.75) is 71.6 Å². The van der Waals surface area contributed by atoms with E-state index < -0.39 is 7.26 Å². The molecular formula is C18H31ClPPd+. The zero-order valence-corrected chi connectivity index (χ0v) is 17.9. The molecule has 0 unspecified atom stereocenters. The first-order chi connectivity index (χ1) is 9.41. The Balaban J connectivity index is 0.00000191. The number of rotatable bonds is 2. The molecule has 0 atom stereocenters. The number of benzene rings is 1. The van der Waals surface area contributed by atoms with Gasteiger partial charge in [0.15, 0.2) is 0 Å². The van der Waals surface area contributed by atoms with E-state index in [2.05, 4.69) is 107 Å². The molecule has 0 saturated heterocycles. The molecule has 0 aliphatic rings. The van der Waals surface area contributed by atoms with E-state index >= 15 is 0 Å². The molecule has 0 aromatic heterocycles. The third-order valence-electron chi connectivity index (χ3n) is 4.29. The van der Waals surface area contributed by atoms with E-state index in [1.165, 1.54) is 10.9 Å². The second-order valence-electron chi connectivity index (χ2n) is 7.90. The average molecular weight is 420 g/mol. The summed E-state index contributed by atoms with van der Waals surface area (Å²) in [6.45, 7) is 23.3. The zero-order chi connectivity index (χ0) is 17.1. The molecule has 124 valence electrons. The third-order valence-corrected chi connectivity index (χ3v) is 10.1. The fourth-order valence-corrected chi connectivity index (χ4v) is 7.11. The van der Waals surface area contributed by atoms with Crippen LogP contribution < -0.4 is 5.30 Å². The van der Waals surface area contributed by atoms with Gasteiger partial charge < -0.3 is 0 Å². The van der Waals surface area contributed by atoms with Crippen LogP contribution in [0, 0.1) is 6.66 Å². The van der Waals surface area contributed by atoms with Crippen LogP contribution in [0.2, 0.25) is 0 Å². The average Bonchev–Trinajstić information content (AvgIpc) is 2.37. The first-order valence-corrected chi connectivity index (χ1v) is 11.3. The summed E-state index contributed by atoms with van der Waals surface area (Å²) < 4.78 is 0. The van der Waals surface area contributed by atoms with Crippen LogP contribution in [0.25, 0.3) is 0 Å². The van der Waals surface area contributed by atoms with E-state index in [0.29, 0.717) is 5.92 Å². The van der Waals surface area contributed by atoms with Gasteiger partial charge in [0.25, 0.3) is 0 Å². The molecule has 0 aliphatic carbocycles. The maximum atomic E-state index is 4.77. The van der Waals surface area contributed by atoms with Gasteiger partial charge in [0.05, 0.1) is 15.6 Å². The Bertz CT molecular complexity index is 410. The molecule has 0 N–H and O–H groups in total. The molecule has 0 heterocycles. The number of halogens is 1. The van der Waals surface area contributed by atoms with Crippen LogP contribution >= 0.6 is 16.8 Å². The van der Waals surface area contributed by atoms with Gasteiger partial charge in [-0.3, -0.25) is 0 Å². The molecule has 0 fully saturated rings. The first-order valence-electron chi connectivity index (χ1n) is 7.37. The van der Waals surface area contributed by atoms with Gasteiger partial charge in [-0.2, -0.15) is 6.66 Å². The van der Waals surface area contributed by atoms with Gasteiger partial charge in [-0.15, -0.1) is 0 Å². The molecule has 3 heteroatoms. The van der Waals surface area contributed by atoms with Crippen LogP contribution in [-0.4, -0.2) is 10.3 Å². The van der Waals surface area contributed by atoms with Crippen molar-refractivity contribution >= 4 is 22.1 Å². The quantitative estimate of drug-likeness (QED) is 0.290. The monoisotopic (exact) mass is 419 g/mol. The van der Waals surface area contributed by atoms with Crippen LogP contribution in [0.1, 0.15) is 66.9 Å². The minimum absolute atomic E-state index is 0.227. The van der Waals surface area contributed by atoms with Gasteiger partial charge in [-0.25, -0.2) is 0 Å². The fraction of sp³-hybridized carbons (Fsp3) is 0.611. The van der Waals surface area contributed by atoms with E-state index in [4.69, 9.17) is 6.66 Å². The molecule has 0 bridgehead atoms. The van der Waals surface area contributed by atoms with Crippen molar-refractivity contribution < 1.29 is 18.2 Å². The Morgan fingerprint density at radius 3 is 1.48 bits per heavy atom. The van der Waals surface area contributed by atoms with Gasteiger partial charge in [0.1, 0.15) is 0 Å². The molecule has 0 amide bonds. The van der Waals surface area contributed by atoms with Gasteiger partial charge in [0, 0.05) is 0 Å². The summed E-state index contributed by atoms with van der Waals surface area (Å²) in [4.78, 5) is 0. The summed E-state index contributed by atoms with van der Waals surface area (Å²) in [5.74, 6) is 0.593. The Labute approximate surface area is 148 Å². The van der Waals surface area contributed by atoms with Crippen LogP contribution in [-0.2, 0) is 18.2 Å². The van der Waals surface area contributed by atoms with Gasteiger partial charge >= 0.3 is 27.7 Å². The topological polar surface area (TPSA) is 0 Å². The van der Waals surface area contributed by atoms with Crippen molar-refractivity contribution in [2.24, 2.45) is 0 Å². The summed E-state index contributed by atoms with van der Waals surface area (Å²) >= 11 is 2.22. The van der Waals surface area contributed by atoms with Crippen LogP contribution in [0.5, 0.6) is 0 Å². The fourth-order valence-electron chi connectivity index (χ4n) is 2.89. The second kappa shape index (κ2) is 7.93. The molecule has 0 saturated carbocycles. The van der Waals surface area contributed by atoms with Crippen molar-refractivity contribution in [3.05, 3.63) is 36.5 Å². The third kappa shape index (κ3) is 4.78. The van der Waals surface area contributed by atoms with Gasteiger partial charge in [-0.05, 0) is 65.2 Å².